The van der Waals surface area contributed by atoms with Crippen molar-refractivity contribution in [1.82, 2.24) is 20.0 Å². The number of amides is 3. The van der Waals surface area contributed by atoms with Crippen LogP contribution in [0.4, 0.5) is 5.69 Å². The van der Waals surface area contributed by atoms with E-state index in [0.29, 0.717) is 50.0 Å². The first-order chi connectivity index (χ1) is 14.9. The van der Waals surface area contributed by atoms with Gasteiger partial charge in [-0.2, -0.15) is 5.10 Å². The number of para-hydroxylation sites is 1. The van der Waals surface area contributed by atoms with Gasteiger partial charge in [-0.25, -0.2) is 0 Å². The SMILES string of the molecule is Cc1cnn(CCCNC(=O)CCCN2C(=O)c3ccccc3N3C(=O)CCC23C)c1. The normalized spacial score (nSPS) is 20.1. The number of aryl methyl sites for hydroxylation is 2. The van der Waals surface area contributed by atoms with Gasteiger partial charge in [0.2, 0.25) is 11.8 Å². The summed E-state index contributed by atoms with van der Waals surface area (Å²) in [5, 5.41) is 7.17. The van der Waals surface area contributed by atoms with E-state index in [1.165, 1.54) is 0 Å². The second-order valence-electron chi connectivity index (χ2n) is 8.51. The summed E-state index contributed by atoms with van der Waals surface area (Å²) < 4.78 is 1.87. The fourth-order valence-electron chi connectivity index (χ4n) is 4.59. The number of hydrogen-bond donors (Lipinski definition) is 1. The van der Waals surface area contributed by atoms with Gasteiger partial charge in [0.05, 0.1) is 17.4 Å². The lowest BCUT2D eigenvalue weighted by atomic mass is 9.98. The molecule has 0 saturated carbocycles. The third-order valence-electron chi connectivity index (χ3n) is 6.18. The Bertz CT molecular complexity index is 1000. The Morgan fingerprint density at radius 3 is 2.77 bits per heavy atom. The molecule has 31 heavy (non-hydrogen) atoms. The first-order valence-corrected chi connectivity index (χ1v) is 10.9. The van der Waals surface area contributed by atoms with Crippen molar-refractivity contribution in [1.29, 1.82) is 0 Å². The van der Waals surface area contributed by atoms with Gasteiger partial charge in [0.15, 0.2) is 0 Å². The second kappa shape index (κ2) is 8.53. The summed E-state index contributed by atoms with van der Waals surface area (Å²) in [6.45, 7) is 5.74. The maximum absolute atomic E-state index is 13.2. The van der Waals surface area contributed by atoms with E-state index in [1.54, 1.807) is 15.9 Å². The zero-order valence-electron chi connectivity index (χ0n) is 18.1. The van der Waals surface area contributed by atoms with Crippen LogP contribution in [-0.2, 0) is 16.1 Å². The summed E-state index contributed by atoms with van der Waals surface area (Å²) >= 11 is 0. The van der Waals surface area contributed by atoms with Crippen molar-refractivity contribution in [3.05, 3.63) is 47.8 Å². The Kier molecular flexibility index (Phi) is 5.80. The number of benzene rings is 1. The molecule has 1 unspecified atom stereocenters. The van der Waals surface area contributed by atoms with Crippen molar-refractivity contribution in [2.45, 2.75) is 58.2 Å². The third-order valence-corrected chi connectivity index (χ3v) is 6.18. The van der Waals surface area contributed by atoms with Gasteiger partial charge >= 0.3 is 0 Å². The molecule has 0 spiro atoms. The van der Waals surface area contributed by atoms with Gasteiger partial charge in [-0.3, -0.25) is 24.0 Å². The van der Waals surface area contributed by atoms with Crippen LogP contribution in [0.25, 0.3) is 0 Å². The van der Waals surface area contributed by atoms with E-state index in [0.717, 1.165) is 18.5 Å². The standard InChI is InChI=1S/C23H29N5O3/c1-17-15-25-26(16-17)13-6-12-24-20(29)9-5-14-27-22(31)18-7-3-4-8-19(18)28-21(30)10-11-23(27,28)2/h3-4,7-8,15-16H,5-6,9-14H2,1-2H3,(H,24,29). The average molecular weight is 424 g/mol. The smallest absolute Gasteiger partial charge is 0.257 e. The first kappa shape index (κ1) is 21.1. The zero-order chi connectivity index (χ0) is 22.0. The van der Waals surface area contributed by atoms with Crippen LogP contribution >= 0.6 is 0 Å². The zero-order valence-corrected chi connectivity index (χ0v) is 18.1. The number of anilines is 1. The van der Waals surface area contributed by atoms with Gasteiger partial charge < -0.3 is 10.2 Å². The molecule has 3 heterocycles. The van der Waals surface area contributed by atoms with Crippen LogP contribution in [0.3, 0.4) is 0 Å². The minimum atomic E-state index is -0.666. The van der Waals surface area contributed by atoms with Crippen molar-refractivity contribution in [3.8, 4) is 0 Å². The molecular weight excluding hydrogens is 394 g/mol. The second-order valence-corrected chi connectivity index (χ2v) is 8.51. The van der Waals surface area contributed by atoms with Gasteiger partial charge in [-0.05, 0) is 50.8 Å². The van der Waals surface area contributed by atoms with Gasteiger partial charge in [0.25, 0.3) is 5.91 Å². The fourth-order valence-corrected chi connectivity index (χ4v) is 4.59. The molecule has 8 nitrogen and oxygen atoms in total. The molecule has 2 aromatic rings. The number of hydrogen-bond acceptors (Lipinski definition) is 4. The van der Waals surface area contributed by atoms with Gasteiger partial charge in [0, 0.05) is 38.7 Å². The highest BCUT2D eigenvalue weighted by atomic mass is 16.2. The lowest BCUT2D eigenvalue weighted by Crippen LogP contribution is -2.62. The lowest BCUT2D eigenvalue weighted by Gasteiger charge is -2.48. The Labute approximate surface area is 182 Å². The first-order valence-electron chi connectivity index (χ1n) is 10.9. The van der Waals surface area contributed by atoms with Gasteiger partial charge in [-0.15, -0.1) is 0 Å². The van der Waals surface area contributed by atoms with Crippen molar-refractivity contribution in [3.63, 3.8) is 0 Å². The predicted octanol–water partition coefficient (Wildman–Crippen LogP) is 2.48. The summed E-state index contributed by atoms with van der Waals surface area (Å²) in [6.07, 6.45) is 6.52. The number of fused-ring (bicyclic) bond motifs is 3. The topological polar surface area (TPSA) is 87.5 Å². The molecule has 0 aliphatic carbocycles. The Morgan fingerprint density at radius 2 is 2.00 bits per heavy atom. The molecule has 3 amide bonds. The summed E-state index contributed by atoms with van der Waals surface area (Å²) in [5.41, 5.74) is 1.70. The van der Waals surface area contributed by atoms with Crippen LogP contribution in [0.5, 0.6) is 0 Å². The molecule has 1 aromatic heterocycles. The molecular formula is C23H29N5O3. The number of carbonyl (C=O) groups excluding carboxylic acids is 3. The molecule has 1 fully saturated rings. The van der Waals surface area contributed by atoms with E-state index in [4.69, 9.17) is 0 Å². The maximum atomic E-state index is 13.2. The summed E-state index contributed by atoms with van der Waals surface area (Å²) in [5.74, 6) is -0.0532. The van der Waals surface area contributed by atoms with Crippen LogP contribution in [0.2, 0.25) is 0 Å². The predicted molar refractivity (Wildman–Crippen MR) is 116 cm³/mol. The molecule has 1 saturated heterocycles. The molecule has 1 N–H and O–H groups in total. The number of rotatable bonds is 8. The largest absolute Gasteiger partial charge is 0.356 e. The number of aromatic nitrogens is 2. The van der Waals surface area contributed by atoms with Crippen LogP contribution in [0.15, 0.2) is 36.7 Å². The summed E-state index contributed by atoms with van der Waals surface area (Å²) in [6, 6.07) is 7.27. The molecule has 2 aliphatic heterocycles. The van der Waals surface area contributed by atoms with E-state index in [1.807, 2.05) is 49.1 Å². The van der Waals surface area contributed by atoms with Crippen molar-refractivity contribution in [2.24, 2.45) is 0 Å². The fraction of sp³-hybridized carbons (Fsp3) is 0.478. The monoisotopic (exact) mass is 423 g/mol. The van der Waals surface area contributed by atoms with E-state index < -0.39 is 5.66 Å². The maximum Gasteiger partial charge on any atom is 0.257 e. The van der Waals surface area contributed by atoms with E-state index in [-0.39, 0.29) is 17.7 Å². The number of nitrogens with zero attached hydrogens (tertiary/aromatic N) is 4. The minimum Gasteiger partial charge on any atom is -0.356 e. The quantitative estimate of drug-likeness (QED) is 0.661. The number of nitrogens with one attached hydrogen (secondary N) is 1. The third kappa shape index (κ3) is 4.06. The summed E-state index contributed by atoms with van der Waals surface area (Å²) in [7, 11) is 0. The lowest BCUT2D eigenvalue weighted by molar-refractivity contribution is -0.121. The van der Waals surface area contributed by atoms with Gasteiger partial charge in [0.1, 0.15) is 5.66 Å². The highest BCUT2D eigenvalue weighted by molar-refractivity contribution is 6.10. The van der Waals surface area contributed by atoms with Gasteiger partial charge in [-0.1, -0.05) is 12.1 Å². The van der Waals surface area contributed by atoms with Crippen molar-refractivity contribution in [2.75, 3.05) is 18.0 Å². The van der Waals surface area contributed by atoms with E-state index >= 15 is 0 Å². The minimum absolute atomic E-state index is 0.0222. The van der Waals surface area contributed by atoms with Crippen molar-refractivity contribution < 1.29 is 14.4 Å². The van der Waals surface area contributed by atoms with Crippen LogP contribution in [-0.4, -0.2) is 51.2 Å². The van der Waals surface area contributed by atoms with Crippen LogP contribution < -0.4 is 10.2 Å². The molecule has 0 bridgehead atoms. The molecule has 1 aromatic carbocycles. The van der Waals surface area contributed by atoms with Crippen LogP contribution in [0.1, 0.15) is 54.9 Å². The molecule has 164 valence electrons. The Balaban J connectivity index is 1.30. The Hall–Kier alpha value is -3.16. The van der Waals surface area contributed by atoms with Crippen LogP contribution in [0, 0.1) is 6.92 Å². The molecule has 8 heteroatoms. The summed E-state index contributed by atoms with van der Waals surface area (Å²) in [4.78, 5) is 41.5. The average Bonchev–Trinajstić information content (AvgIpc) is 3.30. The van der Waals surface area contributed by atoms with E-state index in [2.05, 4.69) is 10.4 Å². The van der Waals surface area contributed by atoms with E-state index in [9.17, 15) is 14.4 Å². The molecule has 0 radical (unpaired) electrons. The Morgan fingerprint density at radius 1 is 1.19 bits per heavy atom. The molecule has 4 rings (SSSR count). The highest BCUT2D eigenvalue weighted by Gasteiger charge is 2.52. The molecule has 2 aliphatic rings. The van der Waals surface area contributed by atoms with Crippen molar-refractivity contribution >= 4 is 23.4 Å². The molecule has 1 atom stereocenters. The highest BCUT2D eigenvalue weighted by Crippen LogP contribution is 2.43. The number of carbonyl (C=O) groups is 3.